The molecule has 1 aliphatic rings. The fourth-order valence-electron chi connectivity index (χ4n) is 2.29. The monoisotopic (exact) mass is 280 g/mol. The number of β-amino-alcohol motifs (C(OH)–C–C–N with tert-alkyl or cyclic N) is 1. The molecule has 1 aliphatic heterocycles. The molecule has 6 heteroatoms. The molecule has 1 fully saturated rings. The van der Waals surface area contributed by atoms with Crippen molar-refractivity contribution < 1.29 is 19.7 Å². The molecule has 110 valence electrons. The number of aliphatic hydroxyl groups excluding tert-OH is 1. The van der Waals surface area contributed by atoms with E-state index in [0.29, 0.717) is 24.4 Å². The predicted molar refractivity (Wildman–Crippen MR) is 74.0 cm³/mol. The van der Waals surface area contributed by atoms with E-state index in [9.17, 15) is 15.0 Å². The Morgan fingerprint density at radius 3 is 3.00 bits per heavy atom. The van der Waals surface area contributed by atoms with Gasteiger partial charge in [-0.1, -0.05) is 0 Å². The molecule has 0 aliphatic carbocycles. The number of nitrogens with one attached hydrogen (secondary N) is 2. The number of amides is 1. The average Bonchev–Trinajstić information content (AvgIpc) is 2.46. The van der Waals surface area contributed by atoms with Crippen molar-refractivity contribution in [2.24, 2.45) is 5.92 Å². The van der Waals surface area contributed by atoms with Crippen molar-refractivity contribution in [3.63, 3.8) is 0 Å². The minimum atomic E-state index is -0.437. The molecule has 6 nitrogen and oxygen atoms in total. The highest BCUT2D eigenvalue weighted by molar-refractivity contribution is 5.94. The molecular formula is C14H20N2O4. The molecule has 1 saturated heterocycles. The lowest BCUT2D eigenvalue weighted by Crippen LogP contribution is -2.45. The third kappa shape index (κ3) is 3.40. The number of rotatable bonds is 4. The summed E-state index contributed by atoms with van der Waals surface area (Å²) >= 11 is 0. The molecule has 1 aromatic rings. The van der Waals surface area contributed by atoms with Gasteiger partial charge < -0.3 is 25.6 Å². The molecule has 2 atom stereocenters. The molecule has 4 N–H and O–H groups in total. The number of methoxy groups -OCH3 is 1. The molecule has 20 heavy (non-hydrogen) atoms. The number of phenolic OH excluding ortho intramolecular Hbond substituents is 1. The van der Waals surface area contributed by atoms with Gasteiger partial charge in [-0.25, -0.2) is 0 Å². The van der Waals surface area contributed by atoms with Gasteiger partial charge in [-0.3, -0.25) is 4.79 Å². The van der Waals surface area contributed by atoms with Gasteiger partial charge in [-0.2, -0.15) is 0 Å². The van der Waals surface area contributed by atoms with Gasteiger partial charge in [-0.05, 0) is 31.2 Å². The van der Waals surface area contributed by atoms with Crippen LogP contribution in [0.2, 0.25) is 0 Å². The Morgan fingerprint density at radius 1 is 1.55 bits per heavy atom. The van der Waals surface area contributed by atoms with Crippen molar-refractivity contribution in [3.05, 3.63) is 23.8 Å². The Labute approximate surface area is 117 Å². The van der Waals surface area contributed by atoms with Crippen molar-refractivity contribution in [2.45, 2.75) is 12.5 Å². The number of carbonyl (C=O) groups is 1. The van der Waals surface area contributed by atoms with E-state index < -0.39 is 6.10 Å². The third-order valence-electron chi connectivity index (χ3n) is 3.56. The molecule has 2 rings (SSSR count). The number of phenols is 1. The topological polar surface area (TPSA) is 90.8 Å². The summed E-state index contributed by atoms with van der Waals surface area (Å²) in [5.74, 6) is 0.0538. The number of ether oxygens (including phenoxy) is 1. The molecule has 1 heterocycles. The van der Waals surface area contributed by atoms with E-state index in [2.05, 4.69) is 10.6 Å². The van der Waals surface area contributed by atoms with Gasteiger partial charge in [0, 0.05) is 24.6 Å². The van der Waals surface area contributed by atoms with Crippen molar-refractivity contribution in [1.82, 2.24) is 10.6 Å². The number of benzene rings is 1. The maximum absolute atomic E-state index is 12.0. The van der Waals surface area contributed by atoms with Crippen LogP contribution in [0.25, 0.3) is 0 Å². The van der Waals surface area contributed by atoms with E-state index in [4.69, 9.17) is 4.74 Å². The van der Waals surface area contributed by atoms with Gasteiger partial charge in [-0.15, -0.1) is 0 Å². The first kappa shape index (κ1) is 14.6. The summed E-state index contributed by atoms with van der Waals surface area (Å²) in [5, 5.41) is 25.3. The first-order valence-electron chi connectivity index (χ1n) is 6.66. The average molecular weight is 280 g/mol. The Morgan fingerprint density at radius 2 is 2.35 bits per heavy atom. The molecular weight excluding hydrogens is 260 g/mol. The van der Waals surface area contributed by atoms with Crippen LogP contribution in [0.1, 0.15) is 16.8 Å². The minimum absolute atomic E-state index is 0.0621. The van der Waals surface area contributed by atoms with Crippen molar-refractivity contribution in [3.8, 4) is 11.5 Å². The molecule has 0 radical (unpaired) electrons. The van der Waals surface area contributed by atoms with Crippen LogP contribution in [0.15, 0.2) is 18.2 Å². The van der Waals surface area contributed by atoms with Crippen LogP contribution in [0.4, 0.5) is 0 Å². The highest BCUT2D eigenvalue weighted by Gasteiger charge is 2.23. The second-order valence-electron chi connectivity index (χ2n) is 4.92. The Kier molecular flexibility index (Phi) is 4.81. The largest absolute Gasteiger partial charge is 0.504 e. The SMILES string of the molecule is COc1ccc(C(=O)NC[C@@H]2CCNC[C@H]2O)cc1O. The fraction of sp³-hybridized carbons (Fsp3) is 0.500. The Balaban J connectivity index is 1.93. The smallest absolute Gasteiger partial charge is 0.251 e. The molecule has 1 amide bonds. The summed E-state index contributed by atoms with van der Waals surface area (Å²) < 4.78 is 4.93. The zero-order valence-electron chi connectivity index (χ0n) is 11.4. The van der Waals surface area contributed by atoms with Gasteiger partial charge in [0.05, 0.1) is 13.2 Å². The maximum Gasteiger partial charge on any atom is 0.251 e. The molecule has 0 bridgehead atoms. The zero-order chi connectivity index (χ0) is 14.5. The van der Waals surface area contributed by atoms with E-state index >= 15 is 0 Å². The fourth-order valence-corrected chi connectivity index (χ4v) is 2.29. The molecule has 0 saturated carbocycles. The van der Waals surface area contributed by atoms with Crippen LogP contribution >= 0.6 is 0 Å². The van der Waals surface area contributed by atoms with Gasteiger partial charge in [0.2, 0.25) is 0 Å². The van der Waals surface area contributed by atoms with E-state index in [-0.39, 0.29) is 17.6 Å². The summed E-state index contributed by atoms with van der Waals surface area (Å²) in [6, 6.07) is 4.50. The summed E-state index contributed by atoms with van der Waals surface area (Å²) in [6.45, 7) is 1.83. The highest BCUT2D eigenvalue weighted by Crippen LogP contribution is 2.26. The Hall–Kier alpha value is -1.79. The van der Waals surface area contributed by atoms with Crippen molar-refractivity contribution in [2.75, 3.05) is 26.7 Å². The number of aliphatic hydroxyl groups is 1. The lowest BCUT2D eigenvalue weighted by Gasteiger charge is -2.28. The lowest BCUT2D eigenvalue weighted by atomic mass is 9.95. The molecule has 0 spiro atoms. The Bertz CT molecular complexity index is 478. The summed E-state index contributed by atoms with van der Waals surface area (Å²) in [5.41, 5.74) is 0.367. The van der Waals surface area contributed by atoms with Gasteiger partial charge in [0.15, 0.2) is 11.5 Å². The van der Waals surface area contributed by atoms with Crippen molar-refractivity contribution in [1.29, 1.82) is 0 Å². The van der Waals surface area contributed by atoms with E-state index in [0.717, 1.165) is 13.0 Å². The number of piperidine rings is 1. The summed E-state index contributed by atoms with van der Waals surface area (Å²) in [6.07, 6.45) is 0.392. The standard InChI is InChI=1S/C14H20N2O4/c1-20-13-3-2-9(6-11(13)17)14(19)16-7-10-4-5-15-8-12(10)18/h2-3,6,10,12,15,17-18H,4-5,7-8H2,1H3,(H,16,19)/t10-,12+/m0/s1. The lowest BCUT2D eigenvalue weighted by molar-refractivity contribution is 0.0753. The highest BCUT2D eigenvalue weighted by atomic mass is 16.5. The molecule has 0 aromatic heterocycles. The number of hydrogen-bond acceptors (Lipinski definition) is 5. The predicted octanol–water partition coefficient (Wildman–Crippen LogP) is 0.101. The van der Waals surface area contributed by atoms with Crippen molar-refractivity contribution >= 4 is 5.91 Å². The summed E-state index contributed by atoms with van der Waals surface area (Å²) in [4.78, 5) is 12.0. The van der Waals surface area contributed by atoms with E-state index in [1.807, 2.05) is 0 Å². The number of hydrogen-bond donors (Lipinski definition) is 4. The molecule has 1 aromatic carbocycles. The van der Waals surface area contributed by atoms with Crippen LogP contribution in [-0.2, 0) is 0 Å². The van der Waals surface area contributed by atoms with Crippen LogP contribution in [0, 0.1) is 5.92 Å². The minimum Gasteiger partial charge on any atom is -0.504 e. The summed E-state index contributed by atoms with van der Waals surface area (Å²) in [7, 11) is 1.45. The zero-order valence-corrected chi connectivity index (χ0v) is 11.4. The van der Waals surface area contributed by atoms with Crippen LogP contribution < -0.4 is 15.4 Å². The van der Waals surface area contributed by atoms with Gasteiger partial charge in [0.1, 0.15) is 0 Å². The van der Waals surface area contributed by atoms with Gasteiger partial charge >= 0.3 is 0 Å². The normalized spacial score (nSPS) is 22.3. The van der Waals surface area contributed by atoms with Gasteiger partial charge in [0.25, 0.3) is 5.91 Å². The number of aromatic hydroxyl groups is 1. The van der Waals surface area contributed by atoms with E-state index in [1.165, 1.54) is 13.2 Å². The van der Waals surface area contributed by atoms with Crippen LogP contribution in [0.5, 0.6) is 11.5 Å². The quantitative estimate of drug-likeness (QED) is 0.628. The molecule has 0 unspecified atom stereocenters. The second-order valence-corrected chi connectivity index (χ2v) is 4.92. The van der Waals surface area contributed by atoms with Crippen LogP contribution in [-0.4, -0.2) is 49.0 Å². The first-order chi connectivity index (χ1) is 9.61. The first-order valence-corrected chi connectivity index (χ1v) is 6.66. The maximum atomic E-state index is 12.0. The van der Waals surface area contributed by atoms with Crippen LogP contribution in [0.3, 0.4) is 0 Å². The second kappa shape index (κ2) is 6.58. The third-order valence-corrected chi connectivity index (χ3v) is 3.56. The van der Waals surface area contributed by atoms with E-state index in [1.54, 1.807) is 12.1 Å². The number of carbonyl (C=O) groups excluding carboxylic acids is 1.